The third-order valence-corrected chi connectivity index (χ3v) is 8.07. The molecule has 1 fully saturated rings. The van der Waals surface area contributed by atoms with Crippen molar-refractivity contribution in [1.29, 1.82) is 0 Å². The topological polar surface area (TPSA) is 108 Å². The lowest BCUT2D eigenvalue weighted by Crippen LogP contribution is -2.50. The number of pyridine rings is 1. The molecule has 35 heavy (non-hydrogen) atoms. The van der Waals surface area contributed by atoms with E-state index in [1.165, 1.54) is 27.7 Å². The predicted molar refractivity (Wildman–Crippen MR) is 126 cm³/mol. The van der Waals surface area contributed by atoms with Crippen molar-refractivity contribution in [3.05, 3.63) is 95.3 Å². The maximum absolute atomic E-state index is 13.1. The molecule has 9 nitrogen and oxygen atoms in total. The number of amides is 3. The molecule has 1 saturated heterocycles. The van der Waals surface area contributed by atoms with E-state index in [0.717, 1.165) is 0 Å². The molecule has 0 spiro atoms. The van der Waals surface area contributed by atoms with E-state index in [0.29, 0.717) is 22.3 Å². The molecule has 10 heteroatoms. The Kier molecular flexibility index (Phi) is 5.91. The van der Waals surface area contributed by atoms with E-state index in [1.54, 1.807) is 59.5 Å². The first-order valence-corrected chi connectivity index (χ1v) is 12.5. The molecule has 0 atom stereocenters. The van der Waals surface area contributed by atoms with Crippen LogP contribution in [-0.2, 0) is 16.6 Å². The number of hydrogen-bond acceptors (Lipinski definition) is 6. The van der Waals surface area contributed by atoms with Crippen LogP contribution in [0.3, 0.4) is 0 Å². The first-order valence-electron chi connectivity index (χ1n) is 11.1. The van der Waals surface area contributed by atoms with Crippen molar-refractivity contribution < 1.29 is 22.8 Å². The van der Waals surface area contributed by atoms with Crippen LogP contribution >= 0.6 is 0 Å². The third-order valence-electron chi connectivity index (χ3n) is 6.19. The summed E-state index contributed by atoms with van der Waals surface area (Å²) >= 11 is 0. The number of rotatable bonds is 5. The summed E-state index contributed by atoms with van der Waals surface area (Å²) in [6.45, 7) is 0.919. The Labute approximate surface area is 202 Å². The summed E-state index contributed by atoms with van der Waals surface area (Å²) in [6, 6.07) is 16.6. The second-order valence-electron chi connectivity index (χ2n) is 8.33. The smallest absolute Gasteiger partial charge is 0.261 e. The number of benzene rings is 2. The molecule has 0 aliphatic carbocycles. The highest BCUT2D eigenvalue weighted by atomic mass is 32.2. The van der Waals surface area contributed by atoms with Gasteiger partial charge >= 0.3 is 0 Å². The number of piperazine rings is 1. The Hall–Kier alpha value is -3.89. The number of hydrogen-bond donors (Lipinski definition) is 0. The van der Waals surface area contributed by atoms with E-state index in [1.807, 2.05) is 0 Å². The van der Waals surface area contributed by atoms with Crippen molar-refractivity contribution in [3.63, 3.8) is 0 Å². The SMILES string of the molecule is O=C(c1cccc(CN2C(=O)c3ccccc3C2=O)c1)N1CCN(S(=O)(=O)c2cccnc2)CC1. The van der Waals surface area contributed by atoms with Gasteiger partial charge in [-0.05, 0) is 42.0 Å². The summed E-state index contributed by atoms with van der Waals surface area (Å²) in [5.41, 5.74) is 1.83. The van der Waals surface area contributed by atoms with E-state index in [2.05, 4.69) is 4.98 Å². The lowest BCUT2D eigenvalue weighted by Gasteiger charge is -2.34. The van der Waals surface area contributed by atoms with Crippen LogP contribution in [0.1, 0.15) is 36.6 Å². The highest BCUT2D eigenvalue weighted by Gasteiger charge is 2.35. The van der Waals surface area contributed by atoms with E-state index < -0.39 is 10.0 Å². The van der Waals surface area contributed by atoms with E-state index in [9.17, 15) is 22.8 Å². The number of sulfonamides is 1. The van der Waals surface area contributed by atoms with Gasteiger partial charge in [-0.2, -0.15) is 4.31 Å². The molecule has 178 valence electrons. The van der Waals surface area contributed by atoms with Crippen molar-refractivity contribution >= 4 is 27.7 Å². The molecular weight excluding hydrogens is 468 g/mol. The van der Waals surface area contributed by atoms with Gasteiger partial charge in [-0.3, -0.25) is 24.3 Å². The molecule has 3 heterocycles. The van der Waals surface area contributed by atoms with Crippen LogP contribution in [0.5, 0.6) is 0 Å². The Morgan fingerprint density at radius 2 is 1.54 bits per heavy atom. The zero-order valence-electron chi connectivity index (χ0n) is 18.7. The molecule has 2 aliphatic rings. The molecule has 0 saturated carbocycles. The number of carbonyl (C=O) groups excluding carboxylic acids is 3. The molecule has 3 amide bonds. The summed E-state index contributed by atoms with van der Waals surface area (Å²) in [4.78, 5) is 45.2. The van der Waals surface area contributed by atoms with Crippen LogP contribution in [0.25, 0.3) is 0 Å². The van der Waals surface area contributed by atoms with Gasteiger partial charge in [0.1, 0.15) is 4.90 Å². The molecule has 3 aromatic rings. The Bertz CT molecular complexity index is 1380. The van der Waals surface area contributed by atoms with Crippen LogP contribution in [0.4, 0.5) is 0 Å². The van der Waals surface area contributed by atoms with Crippen molar-refractivity contribution in [2.24, 2.45) is 0 Å². The minimum absolute atomic E-state index is 0.0601. The van der Waals surface area contributed by atoms with Gasteiger partial charge in [0.05, 0.1) is 17.7 Å². The zero-order chi connectivity index (χ0) is 24.6. The Morgan fingerprint density at radius 1 is 0.857 bits per heavy atom. The second kappa shape index (κ2) is 9.05. The summed E-state index contributed by atoms with van der Waals surface area (Å²) in [5.74, 6) is -0.936. The molecule has 0 bridgehead atoms. The van der Waals surface area contributed by atoms with E-state index >= 15 is 0 Å². The Morgan fingerprint density at radius 3 is 2.17 bits per heavy atom. The maximum atomic E-state index is 13.1. The van der Waals surface area contributed by atoms with Crippen molar-refractivity contribution in [3.8, 4) is 0 Å². The highest BCUT2D eigenvalue weighted by molar-refractivity contribution is 7.89. The molecule has 0 unspecified atom stereocenters. The molecule has 2 aliphatic heterocycles. The predicted octanol–water partition coefficient (Wildman–Crippen LogP) is 2.02. The summed E-state index contributed by atoms with van der Waals surface area (Å²) in [7, 11) is -3.67. The molecule has 1 aromatic heterocycles. The first kappa shape index (κ1) is 22.9. The third kappa shape index (κ3) is 4.22. The number of nitrogens with zero attached hydrogens (tertiary/aromatic N) is 4. The van der Waals surface area contributed by atoms with Crippen LogP contribution in [-0.4, -0.2) is 71.4 Å². The average molecular weight is 491 g/mol. The molecule has 0 radical (unpaired) electrons. The van der Waals surface area contributed by atoms with Gasteiger partial charge in [0, 0.05) is 44.1 Å². The van der Waals surface area contributed by atoms with E-state index in [4.69, 9.17) is 0 Å². The number of aromatic nitrogens is 1. The first-order chi connectivity index (χ1) is 16.9. The normalized spacial score (nSPS) is 16.5. The van der Waals surface area contributed by atoms with Crippen molar-refractivity contribution in [2.75, 3.05) is 26.2 Å². The average Bonchev–Trinajstić information content (AvgIpc) is 3.14. The summed E-state index contributed by atoms with van der Waals surface area (Å²) in [5, 5.41) is 0. The van der Waals surface area contributed by atoms with Gasteiger partial charge in [-0.25, -0.2) is 8.42 Å². The van der Waals surface area contributed by atoms with Gasteiger partial charge in [0.2, 0.25) is 10.0 Å². The molecule has 2 aromatic carbocycles. The largest absolute Gasteiger partial charge is 0.336 e. The minimum atomic E-state index is -3.67. The van der Waals surface area contributed by atoms with Crippen LogP contribution < -0.4 is 0 Å². The zero-order valence-corrected chi connectivity index (χ0v) is 19.5. The van der Waals surface area contributed by atoms with Crippen molar-refractivity contribution in [1.82, 2.24) is 19.1 Å². The van der Waals surface area contributed by atoms with Crippen molar-refractivity contribution in [2.45, 2.75) is 11.4 Å². The molecular formula is C25H22N4O5S. The maximum Gasteiger partial charge on any atom is 0.261 e. The fourth-order valence-electron chi connectivity index (χ4n) is 4.33. The quantitative estimate of drug-likeness (QED) is 0.507. The summed E-state index contributed by atoms with van der Waals surface area (Å²) in [6.07, 6.45) is 2.82. The fourth-order valence-corrected chi connectivity index (χ4v) is 5.72. The number of fused-ring (bicyclic) bond motifs is 1. The van der Waals surface area contributed by atoms with Gasteiger partial charge in [0.15, 0.2) is 0 Å². The van der Waals surface area contributed by atoms with Gasteiger partial charge < -0.3 is 4.90 Å². The lowest BCUT2D eigenvalue weighted by atomic mass is 10.1. The monoisotopic (exact) mass is 490 g/mol. The minimum Gasteiger partial charge on any atom is -0.336 e. The van der Waals surface area contributed by atoms with E-state index in [-0.39, 0.29) is 55.3 Å². The standard InChI is InChI=1S/C25H22N4O5S/c30-23(27-11-13-28(14-12-27)35(33,34)20-7-4-10-26-16-20)19-6-3-5-18(15-19)17-29-24(31)21-8-1-2-9-22(21)25(29)32/h1-10,15-16H,11-14,17H2. The lowest BCUT2D eigenvalue weighted by molar-refractivity contribution is 0.0642. The molecule has 0 N–H and O–H groups in total. The molecule has 5 rings (SSSR count). The summed E-state index contributed by atoms with van der Waals surface area (Å²) < 4.78 is 27.0. The van der Waals surface area contributed by atoms with Gasteiger partial charge in [-0.15, -0.1) is 0 Å². The number of carbonyl (C=O) groups is 3. The Balaban J connectivity index is 1.26. The van der Waals surface area contributed by atoms with Gasteiger partial charge in [0.25, 0.3) is 17.7 Å². The van der Waals surface area contributed by atoms with Crippen LogP contribution in [0.15, 0.2) is 78.0 Å². The van der Waals surface area contributed by atoms with Crippen LogP contribution in [0, 0.1) is 0 Å². The second-order valence-corrected chi connectivity index (χ2v) is 10.3. The number of imide groups is 1. The highest BCUT2D eigenvalue weighted by Crippen LogP contribution is 2.25. The van der Waals surface area contributed by atoms with Gasteiger partial charge in [-0.1, -0.05) is 24.3 Å². The fraction of sp³-hybridized carbons (Fsp3) is 0.200. The van der Waals surface area contributed by atoms with Crippen LogP contribution in [0.2, 0.25) is 0 Å².